The average molecular weight is 283 g/mol. The monoisotopic (exact) mass is 283 g/mol. The van der Waals surface area contributed by atoms with Crippen LogP contribution in [0.25, 0.3) is 0 Å². The Morgan fingerprint density at radius 2 is 2.05 bits per heavy atom. The van der Waals surface area contributed by atoms with Crippen LogP contribution in [0.15, 0.2) is 17.5 Å². The Hall–Kier alpha value is -0.420. The molecule has 19 heavy (non-hydrogen) atoms. The number of thiophene rings is 1. The Morgan fingerprint density at radius 3 is 2.63 bits per heavy atom. The molecule has 1 N–H and O–H groups in total. The number of nitrogens with zero attached hydrogens (tertiary/aromatic N) is 2. The lowest BCUT2D eigenvalue weighted by Gasteiger charge is -2.22. The van der Waals surface area contributed by atoms with Crippen molar-refractivity contribution in [1.82, 2.24) is 15.1 Å². The highest BCUT2D eigenvalue weighted by molar-refractivity contribution is 7.10. The highest BCUT2D eigenvalue weighted by Gasteiger charge is 2.07. The molecule has 3 nitrogen and oxygen atoms in total. The number of hydrogen-bond donors (Lipinski definition) is 1. The van der Waals surface area contributed by atoms with Gasteiger partial charge < -0.3 is 15.1 Å². The smallest absolute Gasteiger partial charge is 0.0386 e. The minimum absolute atomic E-state index is 0.473. The fraction of sp³-hybridized carbons (Fsp3) is 0.733. The summed E-state index contributed by atoms with van der Waals surface area (Å²) in [5, 5.41) is 5.75. The lowest BCUT2D eigenvalue weighted by Crippen LogP contribution is -2.34. The molecule has 1 aromatic heterocycles. The van der Waals surface area contributed by atoms with Crippen LogP contribution in [-0.2, 0) is 0 Å². The molecule has 1 atom stereocenters. The molecule has 0 saturated carbocycles. The third-order valence-corrected chi connectivity index (χ3v) is 4.43. The number of likely N-dealkylation sites (N-methyl/N-ethyl adjacent to an activating group) is 1. The number of rotatable bonds is 10. The first-order chi connectivity index (χ1) is 9.13. The molecule has 4 heteroatoms. The van der Waals surface area contributed by atoms with E-state index in [9.17, 15) is 0 Å². The molecule has 0 amide bonds. The summed E-state index contributed by atoms with van der Waals surface area (Å²) >= 11 is 1.83. The zero-order valence-corrected chi connectivity index (χ0v) is 13.7. The normalized spacial score (nSPS) is 13.4. The highest BCUT2D eigenvalue weighted by Crippen LogP contribution is 2.17. The molecule has 0 saturated heterocycles. The van der Waals surface area contributed by atoms with Crippen molar-refractivity contribution in [1.29, 1.82) is 0 Å². The maximum absolute atomic E-state index is 3.61. The lowest BCUT2D eigenvalue weighted by atomic mass is 10.2. The fourth-order valence-electron chi connectivity index (χ4n) is 2.12. The van der Waals surface area contributed by atoms with E-state index in [1.807, 2.05) is 11.3 Å². The standard InChI is InChI=1S/C15H29N3S/c1-5-18(11-7-10-17(3)4)12-9-16-14(2)15-8-6-13-19-15/h6,8,13-14,16H,5,7,9-12H2,1-4H3. The molecule has 0 bridgehead atoms. The van der Waals surface area contributed by atoms with Crippen LogP contribution >= 0.6 is 11.3 Å². The minimum atomic E-state index is 0.473. The summed E-state index contributed by atoms with van der Waals surface area (Å²) < 4.78 is 0. The summed E-state index contributed by atoms with van der Waals surface area (Å²) in [6, 6.07) is 4.80. The van der Waals surface area contributed by atoms with Gasteiger partial charge in [0.05, 0.1) is 0 Å². The van der Waals surface area contributed by atoms with Crippen molar-refractivity contribution < 1.29 is 0 Å². The molecule has 0 aliphatic rings. The van der Waals surface area contributed by atoms with E-state index in [-0.39, 0.29) is 0 Å². The first-order valence-electron chi connectivity index (χ1n) is 7.27. The van der Waals surface area contributed by atoms with E-state index in [1.165, 1.54) is 24.4 Å². The van der Waals surface area contributed by atoms with E-state index in [0.717, 1.165) is 19.6 Å². The maximum Gasteiger partial charge on any atom is 0.0386 e. The van der Waals surface area contributed by atoms with Gasteiger partial charge in [-0.15, -0.1) is 11.3 Å². The molecule has 110 valence electrons. The summed E-state index contributed by atoms with van der Waals surface area (Å²) in [6.45, 7) is 10.2. The van der Waals surface area contributed by atoms with E-state index < -0.39 is 0 Å². The van der Waals surface area contributed by atoms with Crippen LogP contribution in [0.4, 0.5) is 0 Å². The highest BCUT2D eigenvalue weighted by atomic mass is 32.1. The van der Waals surface area contributed by atoms with Gasteiger partial charge >= 0.3 is 0 Å². The topological polar surface area (TPSA) is 18.5 Å². The fourth-order valence-corrected chi connectivity index (χ4v) is 2.87. The van der Waals surface area contributed by atoms with Gasteiger partial charge in [-0.1, -0.05) is 13.0 Å². The number of hydrogen-bond acceptors (Lipinski definition) is 4. The van der Waals surface area contributed by atoms with Gasteiger partial charge in [0.15, 0.2) is 0 Å². The van der Waals surface area contributed by atoms with Crippen molar-refractivity contribution in [3.05, 3.63) is 22.4 Å². The molecule has 1 unspecified atom stereocenters. The van der Waals surface area contributed by atoms with Crippen LogP contribution in [0, 0.1) is 0 Å². The molecule has 0 aliphatic carbocycles. The second kappa shape index (κ2) is 9.48. The van der Waals surface area contributed by atoms with E-state index in [1.54, 1.807) is 0 Å². The second-order valence-electron chi connectivity index (χ2n) is 5.28. The Kier molecular flexibility index (Phi) is 8.30. The zero-order chi connectivity index (χ0) is 14.1. The summed E-state index contributed by atoms with van der Waals surface area (Å²) in [7, 11) is 4.28. The molecule has 1 rings (SSSR count). The SMILES string of the molecule is CCN(CCCN(C)C)CCNC(C)c1cccs1. The third kappa shape index (κ3) is 7.06. The average Bonchev–Trinajstić information content (AvgIpc) is 2.90. The molecule has 0 aliphatic heterocycles. The van der Waals surface area contributed by atoms with E-state index in [2.05, 4.69) is 60.6 Å². The van der Waals surface area contributed by atoms with Crippen LogP contribution in [0.2, 0.25) is 0 Å². The molecule has 0 radical (unpaired) electrons. The van der Waals surface area contributed by atoms with E-state index in [0.29, 0.717) is 6.04 Å². The van der Waals surface area contributed by atoms with Crippen LogP contribution in [0.1, 0.15) is 31.2 Å². The Balaban J connectivity index is 2.15. The van der Waals surface area contributed by atoms with Crippen molar-refractivity contribution in [2.75, 3.05) is 46.8 Å². The first kappa shape index (κ1) is 16.6. The third-order valence-electron chi connectivity index (χ3n) is 3.38. The van der Waals surface area contributed by atoms with Crippen LogP contribution in [0.5, 0.6) is 0 Å². The van der Waals surface area contributed by atoms with Crippen molar-refractivity contribution in [3.63, 3.8) is 0 Å². The molecular weight excluding hydrogens is 254 g/mol. The largest absolute Gasteiger partial charge is 0.309 e. The second-order valence-corrected chi connectivity index (χ2v) is 6.26. The van der Waals surface area contributed by atoms with Gasteiger partial charge in [-0.2, -0.15) is 0 Å². The molecule has 0 aromatic carbocycles. The number of nitrogens with one attached hydrogen (secondary N) is 1. The molecule has 0 fully saturated rings. The van der Waals surface area contributed by atoms with Gasteiger partial charge in [0.25, 0.3) is 0 Å². The van der Waals surface area contributed by atoms with Gasteiger partial charge in [-0.3, -0.25) is 0 Å². The minimum Gasteiger partial charge on any atom is -0.309 e. The maximum atomic E-state index is 3.61. The van der Waals surface area contributed by atoms with Crippen LogP contribution in [0.3, 0.4) is 0 Å². The quantitative estimate of drug-likeness (QED) is 0.712. The van der Waals surface area contributed by atoms with Crippen molar-refractivity contribution in [2.24, 2.45) is 0 Å². The summed E-state index contributed by atoms with van der Waals surface area (Å²) in [6.07, 6.45) is 1.25. The van der Waals surface area contributed by atoms with E-state index in [4.69, 9.17) is 0 Å². The first-order valence-corrected chi connectivity index (χ1v) is 8.15. The van der Waals surface area contributed by atoms with Gasteiger partial charge in [0, 0.05) is 24.0 Å². The van der Waals surface area contributed by atoms with Gasteiger partial charge in [-0.05, 0) is 58.5 Å². The van der Waals surface area contributed by atoms with Crippen molar-refractivity contribution >= 4 is 11.3 Å². The Bertz CT molecular complexity index is 311. The van der Waals surface area contributed by atoms with Crippen LogP contribution < -0.4 is 5.32 Å². The van der Waals surface area contributed by atoms with Gasteiger partial charge in [-0.25, -0.2) is 0 Å². The zero-order valence-electron chi connectivity index (χ0n) is 12.9. The predicted molar refractivity (Wildman–Crippen MR) is 86.0 cm³/mol. The summed E-state index contributed by atoms with van der Waals surface area (Å²) in [4.78, 5) is 6.21. The van der Waals surface area contributed by atoms with Gasteiger partial charge in [0.2, 0.25) is 0 Å². The molecule has 1 heterocycles. The predicted octanol–water partition coefficient (Wildman–Crippen LogP) is 2.67. The molecule has 1 aromatic rings. The lowest BCUT2D eigenvalue weighted by molar-refractivity contribution is 0.263. The van der Waals surface area contributed by atoms with Crippen molar-refractivity contribution in [3.8, 4) is 0 Å². The molecule has 0 spiro atoms. The van der Waals surface area contributed by atoms with E-state index >= 15 is 0 Å². The molecular formula is C15H29N3S. The summed E-state index contributed by atoms with van der Waals surface area (Å²) in [5.74, 6) is 0. The summed E-state index contributed by atoms with van der Waals surface area (Å²) in [5.41, 5.74) is 0. The van der Waals surface area contributed by atoms with Gasteiger partial charge in [0.1, 0.15) is 0 Å². The Morgan fingerprint density at radius 1 is 1.26 bits per heavy atom. The van der Waals surface area contributed by atoms with Crippen molar-refractivity contribution in [2.45, 2.75) is 26.3 Å². The Labute approximate surface area is 122 Å². The van der Waals surface area contributed by atoms with Crippen LogP contribution in [-0.4, -0.2) is 56.6 Å².